The molecule has 0 saturated heterocycles. The van der Waals surface area contributed by atoms with Gasteiger partial charge in [0.1, 0.15) is 6.54 Å². The maximum absolute atomic E-state index is 12.6. The van der Waals surface area contributed by atoms with Crippen molar-refractivity contribution < 1.29 is 4.79 Å². The van der Waals surface area contributed by atoms with Crippen molar-refractivity contribution in [2.24, 2.45) is 14.1 Å². The Balaban J connectivity index is 0.00000225. The summed E-state index contributed by atoms with van der Waals surface area (Å²) < 4.78 is 3.76. The van der Waals surface area contributed by atoms with Gasteiger partial charge in [0.15, 0.2) is 11.2 Å². The fourth-order valence-corrected chi connectivity index (χ4v) is 3.39. The van der Waals surface area contributed by atoms with Crippen LogP contribution in [-0.4, -0.2) is 24.6 Å². The molecule has 10 heteroatoms. The van der Waals surface area contributed by atoms with Gasteiger partial charge in [-0.2, -0.15) is 0 Å². The van der Waals surface area contributed by atoms with Gasteiger partial charge >= 0.3 is 5.69 Å². The number of benzene rings is 1. The van der Waals surface area contributed by atoms with Crippen molar-refractivity contribution in [2.75, 3.05) is 0 Å². The Morgan fingerprint density at radius 3 is 2.75 bits per heavy atom. The van der Waals surface area contributed by atoms with Gasteiger partial charge in [0.25, 0.3) is 5.56 Å². The number of hydrogen-bond donors (Lipinski definition) is 2. The highest BCUT2D eigenvalue weighted by Gasteiger charge is 2.17. The predicted octanol–water partition coefficient (Wildman–Crippen LogP) is -0.225. The average molecular weight is 405 g/mol. The molecule has 2 aromatic heterocycles. The van der Waals surface area contributed by atoms with Crippen molar-refractivity contribution in [3.8, 4) is 0 Å². The second-order valence-corrected chi connectivity index (χ2v) is 6.74. The number of hydrogen-bond acceptors (Lipinski definition) is 5. The van der Waals surface area contributed by atoms with Crippen molar-refractivity contribution >= 4 is 29.5 Å². The standard InChI is InChI=1S/C18H20N6O3.ClH/c1-22-10-21-16-15(22)17(26)24(18(27)23(16)2)9-14(25)20-6-11-3-4-12-7-19-8-13(12)5-11;/h3-5,10,19H,6-9H2,1-2H3,(H,20,25);1H. The molecule has 28 heavy (non-hydrogen) atoms. The van der Waals surface area contributed by atoms with E-state index in [4.69, 9.17) is 0 Å². The zero-order valence-electron chi connectivity index (χ0n) is 15.6. The van der Waals surface area contributed by atoms with Gasteiger partial charge in [-0.1, -0.05) is 18.2 Å². The normalized spacial score (nSPS) is 12.6. The molecule has 1 amide bonds. The zero-order chi connectivity index (χ0) is 19.1. The zero-order valence-corrected chi connectivity index (χ0v) is 16.4. The van der Waals surface area contributed by atoms with Gasteiger partial charge in [0.05, 0.1) is 6.33 Å². The lowest BCUT2D eigenvalue weighted by Crippen LogP contribution is -2.43. The first-order chi connectivity index (χ1) is 13.0. The van der Waals surface area contributed by atoms with E-state index >= 15 is 0 Å². The van der Waals surface area contributed by atoms with Gasteiger partial charge < -0.3 is 15.2 Å². The Morgan fingerprint density at radius 1 is 1.21 bits per heavy atom. The molecule has 0 unspecified atom stereocenters. The summed E-state index contributed by atoms with van der Waals surface area (Å²) in [5.41, 5.74) is 2.98. The highest BCUT2D eigenvalue weighted by Crippen LogP contribution is 2.16. The third kappa shape index (κ3) is 3.34. The highest BCUT2D eigenvalue weighted by molar-refractivity contribution is 5.85. The van der Waals surface area contributed by atoms with E-state index in [1.54, 1.807) is 11.6 Å². The van der Waals surface area contributed by atoms with E-state index in [9.17, 15) is 14.4 Å². The first kappa shape index (κ1) is 19.8. The van der Waals surface area contributed by atoms with Crippen LogP contribution in [0.3, 0.4) is 0 Å². The molecule has 9 nitrogen and oxygen atoms in total. The first-order valence-electron chi connectivity index (χ1n) is 8.64. The molecule has 0 spiro atoms. The molecule has 4 rings (SSSR count). The van der Waals surface area contributed by atoms with Gasteiger partial charge in [-0.05, 0) is 16.7 Å². The van der Waals surface area contributed by atoms with Crippen LogP contribution in [0.1, 0.15) is 16.7 Å². The SMILES string of the molecule is Cl.Cn1cnc2c1c(=O)n(CC(=O)NCc1ccc3c(c1)CNC3)c(=O)n2C. The molecule has 148 valence electrons. The fourth-order valence-electron chi connectivity index (χ4n) is 3.39. The molecule has 0 fully saturated rings. The van der Waals surface area contributed by atoms with Gasteiger partial charge in [-0.15, -0.1) is 12.4 Å². The minimum absolute atomic E-state index is 0. The van der Waals surface area contributed by atoms with Crippen LogP contribution in [-0.2, 0) is 45.1 Å². The number of carbonyl (C=O) groups is 1. The third-order valence-electron chi connectivity index (χ3n) is 4.89. The fraction of sp³-hybridized carbons (Fsp3) is 0.333. The van der Waals surface area contributed by atoms with Gasteiger partial charge in [0, 0.05) is 33.7 Å². The summed E-state index contributed by atoms with van der Waals surface area (Å²) in [6.45, 7) is 1.70. The van der Waals surface area contributed by atoms with E-state index in [1.165, 1.54) is 29.1 Å². The Bertz CT molecular complexity index is 1180. The number of nitrogens with zero attached hydrogens (tertiary/aromatic N) is 4. The van der Waals surface area contributed by atoms with Crippen LogP contribution in [0.15, 0.2) is 34.1 Å². The lowest BCUT2D eigenvalue weighted by atomic mass is 10.1. The van der Waals surface area contributed by atoms with Crippen molar-refractivity contribution in [3.05, 3.63) is 62.1 Å². The van der Waals surface area contributed by atoms with E-state index in [0.717, 1.165) is 23.2 Å². The maximum Gasteiger partial charge on any atom is 0.332 e. The number of amides is 1. The second kappa shape index (κ2) is 7.61. The monoisotopic (exact) mass is 404 g/mol. The topological polar surface area (TPSA) is 103 Å². The van der Waals surface area contributed by atoms with Crippen LogP contribution in [0.2, 0.25) is 0 Å². The largest absolute Gasteiger partial charge is 0.350 e. The lowest BCUT2D eigenvalue weighted by Gasteiger charge is -2.10. The van der Waals surface area contributed by atoms with Crippen molar-refractivity contribution in [1.29, 1.82) is 0 Å². The number of carbonyl (C=O) groups excluding carboxylic acids is 1. The number of rotatable bonds is 4. The predicted molar refractivity (Wildman–Crippen MR) is 106 cm³/mol. The summed E-state index contributed by atoms with van der Waals surface area (Å²) in [6, 6.07) is 6.08. The Morgan fingerprint density at radius 2 is 1.96 bits per heavy atom. The van der Waals surface area contributed by atoms with Crippen molar-refractivity contribution in [1.82, 2.24) is 29.3 Å². The number of halogens is 1. The molecule has 1 aliphatic rings. The minimum atomic E-state index is -0.565. The summed E-state index contributed by atoms with van der Waals surface area (Å²) in [6.07, 6.45) is 1.47. The molecular weight excluding hydrogens is 384 g/mol. The molecule has 1 aliphatic heterocycles. The Labute approximate surface area is 166 Å². The van der Waals surface area contributed by atoms with Crippen LogP contribution >= 0.6 is 12.4 Å². The molecule has 1 aromatic carbocycles. The second-order valence-electron chi connectivity index (χ2n) is 6.74. The number of aromatic nitrogens is 4. The molecule has 0 atom stereocenters. The molecule has 0 bridgehead atoms. The van der Waals surface area contributed by atoms with Gasteiger partial charge in [-0.3, -0.25) is 14.2 Å². The maximum atomic E-state index is 12.6. The van der Waals surface area contributed by atoms with E-state index in [2.05, 4.69) is 21.7 Å². The van der Waals surface area contributed by atoms with Crippen LogP contribution in [0.25, 0.3) is 11.2 Å². The molecule has 2 N–H and O–H groups in total. The van der Waals surface area contributed by atoms with Gasteiger partial charge in [0.2, 0.25) is 5.91 Å². The van der Waals surface area contributed by atoms with E-state index < -0.39 is 17.2 Å². The quantitative estimate of drug-likeness (QED) is 0.625. The number of aryl methyl sites for hydroxylation is 2. The smallest absolute Gasteiger partial charge is 0.332 e. The summed E-state index contributed by atoms with van der Waals surface area (Å²) in [5, 5.41) is 6.06. The first-order valence-corrected chi connectivity index (χ1v) is 8.64. The molecule has 3 heterocycles. The number of fused-ring (bicyclic) bond motifs is 2. The van der Waals surface area contributed by atoms with E-state index in [1.807, 2.05) is 12.1 Å². The van der Waals surface area contributed by atoms with Crippen molar-refractivity contribution in [2.45, 2.75) is 26.2 Å². The average Bonchev–Trinajstić information content (AvgIpc) is 3.27. The van der Waals surface area contributed by atoms with Crippen LogP contribution in [0, 0.1) is 0 Å². The molecule has 0 saturated carbocycles. The molecule has 0 radical (unpaired) electrons. The van der Waals surface area contributed by atoms with E-state index in [-0.39, 0.29) is 24.5 Å². The molecular formula is C18H21ClN6O3. The summed E-state index contributed by atoms with van der Waals surface area (Å²) >= 11 is 0. The summed E-state index contributed by atoms with van der Waals surface area (Å²) in [5.74, 6) is -0.394. The van der Waals surface area contributed by atoms with E-state index in [0.29, 0.717) is 12.2 Å². The Kier molecular flexibility index (Phi) is 5.39. The number of nitrogens with one attached hydrogen (secondary N) is 2. The van der Waals surface area contributed by atoms with Crippen molar-refractivity contribution in [3.63, 3.8) is 0 Å². The minimum Gasteiger partial charge on any atom is -0.350 e. The van der Waals surface area contributed by atoms with Gasteiger partial charge in [-0.25, -0.2) is 14.3 Å². The summed E-state index contributed by atoms with van der Waals surface area (Å²) in [7, 11) is 3.21. The van der Waals surface area contributed by atoms with Crippen LogP contribution < -0.4 is 21.9 Å². The Hall–Kier alpha value is -2.91. The highest BCUT2D eigenvalue weighted by atomic mass is 35.5. The van der Waals surface area contributed by atoms with Crippen LogP contribution in [0.5, 0.6) is 0 Å². The molecule has 3 aromatic rings. The van der Waals surface area contributed by atoms with Crippen LogP contribution in [0.4, 0.5) is 0 Å². The molecule has 0 aliphatic carbocycles. The third-order valence-corrected chi connectivity index (χ3v) is 4.89. The lowest BCUT2D eigenvalue weighted by molar-refractivity contribution is -0.121. The summed E-state index contributed by atoms with van der Waals surface area (Å²) in [4.78, 5) is 41.5. The number of imidazole rings is 1.